The summed E-state index contributed by atoms with van der Waals surface area (Å²) in [6.45, 7) is 2.00. The summed E-state index contributed by atoms with van der Waals surface area (Å²) in [4.78, 5) is 21.7. The average molecular weight is 436 g/mol. The molecule has 160 valence electrons. The van der Waals surface area contributed by atoms with E-state index in [1.807, 2.05) is 80.7 Å². The van der Waals surface area contributed by atoms with Crippen LogP contribution < -0.4 is 14.5 Å². The molecule has 7 nitrogen and oxygen atoms in total. The second-order valence-corrected chi connectivity index (χ2v) is 8.21. The molecule has 0 radical (unpaired) electrons. The van der Waals surface area contributed by atoms with Gasteiger partial charge < -0.3 is 9.64 Å². The normalized spacial score (nSPS) is 14.8. The lowest BCUT2D eigenvalue weighted by Gasteiger charge is -2.31. The van der Waals surface area contributed by atoms with Gasteiger partial charge in [-0.2, -0.15) is 4.98 Å². The van der Waals surface area contributed by atoms with Crippen LogP contribution in [0.3, 0.4) is 0 Å². The predicted octanol–water partition coefficient (Wildman–Crippen LogP) is 4.55. The van der Waals surface area contributed by atoms with Crippen molar-refractivity contribution in [1.29, 1.82) is 0 Å². The van der Waals surface area contributed by atoms with Gasteiger partial charge in [-0.1, -0.05) is 49.0 Å². The molecule has 1 aliphatic rings. The number of ether oxygens (including phenoxy) is 1. The maximum absolute atomic E-state index is 13.3. The second kappa shape index (κ2) is 8.93. The summed E-state index contributed by atoms with van der Waals surface area (Å²) in [6.07, 6.45) is 2.38. The van der Waals surface area contributed by atoms with E-state index < -0.39 is 6.23 Å². The fourth-order valence-electron chi connectivity index (χ4n) is 3.56. The van der Waals surface area contributed by atoms with Crippen LogP contribution in [0.4, 0.5) is 11.4 Å². The average Bonchev–Trinajstić information content (AvgIpc) is 2.93. The molecule has 0 aliphatic carbocycles. The molecule has 0 bridgehead atoms. The van der Waals surface area contributed by atoms with Crippen molar-refractivity contribution in [3.05, 3.63) is 54.1 Å². The molecule has 0 N–H and O–H groups in total. The van der Waals surface area contributed by atoms with Crippen molar-refractivity contribution in [3.8, 4) is 17.1 Å². The molecule has 1 unspecified atom stereocenters. The van der Waals surface area contributed by atoms with Crippen LogP contribution in [0.5, 0.6) is 5.88 Å². The Labute approximate surface area is 186 Å². The Hall–Kier alpha value is -3.13. The molecule has 1 aromatic heterocycles. The minimum atomic E-state index is -0.663. The van der Waals surface area contributed by atoms with Gasteiger partial charge in [-0.3, -0.25) is 9.69 Å². The third-order valence-corrected chi connectivity index (χ3v) is 5.66. The van der Waals surface area contributed by atoms with E-state index in [1.54, 1.807) is 4.90 Å². The summed E-state index contributed by atoms with van der Waals surface area (Å²) >= 11 is 1.40. The third-order valence-electron chi connectivity index (χ3n) is 5.12. The summed E-state index contributed by atoms with van der Waals surface area (Å²) in [6, 6.07) is 15.7. The summed E-state index contributed by atoms with van der Waals surface area (Å²) in [5.74, 6) is 0.364. The van der Waals surface area contributed by atoms with Crippen LogP contribution in [-0.2, 0) is 4.79 Å². The first kappa shape index (κ1) is 21.1. The first-order valence-corrected chi connectivity index (χ1v) is 11.4. The molecule has 4 rings (SSSR count). The maximum Gasteiger partial charge on any atom is 0.247 e. The number of para-hydroxylation sites is 1. The van der Waals surface area contributed by atoms with Crippen molar-refractivity contribution in [2.45, 2.75) is 31.1 Å². The number of carbonyl (C=O) groups excluding carboxylic acids is 1. The molecule has 0 fully saturated rings. The largest absolute Gasteiger partial charge is 0.447 e. The van der Waals surface area contributed by atoms with E-state index in [0.717, 1.165) is 28.9 Å². The standard InChI is InChI=1S/C23H25N5O2S/c1-5-8-19(29)28-18-10-7-6-9-17(18)20-21(24-23(31-4)26-25-20)30-22(28)15-11-13-16(14-12-15)27(2)3/h6-7,9-14,22H,5,8H2,1-4H3. The van der Waals surface area contributed by atoms with Gasteiger partial charge in [0.1, 0.15) is 0 Å². The minimum absolute atomic E-state index is 0.0116. The number of fused-ring (bicyclic) bond motifs is 3. The van der Waals surface area contributed by atoms with E-state index in [9.17, 15) is 4.79 Å². The lowest BCUT2D eigenvalue weighted by Crippen LogP contribution is -2.37. The first-order valence-electron chi connectivity index (χ1n) is 10.2. The van der Waals surface area contributed by atoms with E-state index >= 15 is 0 Å². The van der Waals surface area contributed by atoms with E-state index in [-0.39, 0.29) is 5.91 Å². The molecule has 0 spiro atoms. The van der Waals surface area contributed by atoms with Crippen LogP contribution in [0.1, 0.15) is 31.6 Å². The Morgan fingerprint density at radius 1 is 1.13 bits per heavy atom. The van der Waals surface area contributed by atoms with Gasteiger partial charge >= 0.3 is 0 Å². The number of carbonyl (C=O) groups is 1. The molecule has 31 heavy (non-hydrogen) atoms. The monoisotopic (exact) mass is 435 g/mol. The Bertz CT molecular complexity index is 1090. The van der Waals surface area contributed by atoms with Gasteiger partial charge in [-0.25, -0.2) is 0 Å². The zero-order valence-corrected chi connectivity index (χ0v) is 18.9. The zero-order valence-electron chi connectivity index (χ0n) is 18.1. The Morgan fingerprint density at radius 2 is 1.87 bits per heavy atom. The lowest BCUT2D eigenvalue weighted by molar-refractivity contribution is -0.120. The number of hydrogen-bond donors (Lipinski definition) is 0. The van der Waals surface area contributed by atoms with Gasteiger partial charge in [0.05, 0.1) is 5.69 Å². The predicted molar refractivity (Wildman–Crippen MR) is 124 cm³/mol. The highest BCUT2D eigenvalue weighted by molar-refractivity contribution is 7.98. The Morgan fingerprint density at radius 3 is 2.55 bits per heavy atom. The molecule has 1 amide bonds. The Kier molecular flexibility index (Phi) is 6.08. The smallest absolute Gasteiger partial charge is 0.247 e. The van der Waals surface area contributed by atoms with Gasteiger partial charge in [0, 0.05) is 37.3 Å². The van der Waals surface area contributed by atoms with E-state index in [2.05, 4.69) is 15.2 Å². The molecule has 2 heterocycles. The molecular formula is C23H25N5O2S. The number of hydrogen-bond acceptors (Lipinski definition) is 7. The topological polar surface area (TPSA) is 71.5 Å². The molecule has 0 saturated heterocycles. The number of aromatic nitrogens is 3. The Balaban J connectivity index is 1.91. The fourth-order valence-corrected chi connectivity index (χ4v) is 3.85. The number of amides is 1. The molecular weight excluding hydrogens is 410 g/mol. The SMILES string of the molecule is CCCC(=O)N1c2ccccc2-c2nnc(SC)nc2OC1c1ccc(N(C)C)cc1. The molecule has 2 aromatic carbocycles. The van der Waals surface area contributed by atoms with Crippen molar-refractivity contribution in [2.24, 2.45) is 0 Å². The van der Waals surface area contributed by atoms with Crippen LogP contribution in [0.15, 0.2) is 53.7 Å². The molecule has 8 heteroatoms. The summed E-state index contributed by atoms with van der Waals surface area (Å²) in [7, 11) is 3.99. The van der Waals surface area contributed by atoms with Gasteiger partial charge in [0.25, 0.3) is 0 Å². The first-order chi connectivity index (χ1) is 15.0. The number of benzene rings is 2. The molecule has 1 atom stereocenters. The quantitative estimate of drug-likeness (QED) is 0.544. The van der Waals surface area contributed by atoms with Crippen molar-refractivity contribution in [1.82, 2.24) is 15.2 Å². The van der Waals surface area contributed by atoms with Crippen LogP contribution >= 0.6 is 11.8 Å². The van der Waals surface area contributed by atoms with Crippen molar-refractivity contribution in [3.63, 3.8) is 0 Å². The highest BCUT2D eigenvalue weighted by Gasteiger charge is 2.35. The lowest BCUT2D eigenvalue weighted by atomic mass is 10.1. The zero-order chi connectivity index (χ0) is 22.0. The van der Waals surface area contributed by atoms with Gasteiger partial charge in [-0.15, -0.1) is 10.2 Å². The minimum Gasteiger partial charge on any atom is -0.447 e. The highest BCUT2D eigenvalue weighted by atomic mass is 32.2. The van der Waals surface area contributed by atoms with Crippen LogP contribution in [0, 0.1) is 0 Å². The van der Waals surface area contributed by atoms with Crippen LogP contribution in [0.25, 0.3) is 11.3 Å². The van der Waals surface area contributed by atoms with Crippen molar-refractivity contribution >= 4 is 29.0 Å². The summed E-state index contributed by atoms with van der Waals surface area (Å²) < 4.78 is 6.41. The van der Waals surface area contributed by atoms with Crippen LogP contribution in [0.2, 0.25) is 0 Å². The maximum atomic E-state index is 13.3. The van der Waals surface area contributed by atoms with Gasteiger partial charge in [-0.05, 0) is 30.9 Å². The molecule has 0 saturated carbocycles. The van der Waals surface area contributed by atoms with Gasteiger partial charge in [0.15, 0.2) is 5.69 Å². The number of anilines is 2. The molecule has 1 aliphatic heterocycles. The van der Waals surface area contributed by atoms with Crippen molar-refractivity contribution < 1.29 is 9.53 Å². The van der Waals surface area contributed by atoms with E-state index in [4.69, 9.17) is 4.74 Å². The van der Waals surface area contributed by atoms with E-state index in [1.165, 1.54) is 11.8 Å². The third kappa shape index (κ3) is 4.07. The fraction of sp³-hybridized carbons (Fsp3) is 0.304. The number of thioether (sulfide) groups is 1. The molecule has 3 aromatic rings. The van der Waals surface area contributed by atoms with Crippen molar-refractivity contribution in [2.75, 3.05) is 30.2 Å². The summed E-state index contributed by atoms with van der Waals surface area (Å²) in [5, 5.41) is 9.11. The second-order valence-electron chi connectivity index (χ2n) is 7.44. The highest BCUT2D eigenvalue weighted by Crippen LogP contribution is 2.43. The summed E-state index contributed by atoms with van der Waals surface area (Å²) in [5.41, 5.74) is 3.99. The van der Waals surface area contributed by atoms with Crippen LogP contribution in [-0.4, -0.2) is 41.4 Å². The number of rotatable bonds is 5. The van der Waals surface area contributed by atoms with E-state index in [0.29, 0.717) is 23.2 Å². The van der Waals surface area contributed by atoms with Gasteiger partial charge in [0.2, 0.25) is 23.2 Å². The number of nitrogens with zero attached hydrogens (tertiary/aromatic N) is 5.